The predicted molar refractivity (Wildman–Crippen MR) is 200 cm³/mol. The summed E-state index contributed by atoms with van der Waals surface area (Å²) in [4.78, 5) is 0. The summed E-state index contributed by atoms with van der Waals surface area (Å²) in [7, 11) is 5.82. The smallest absolute Gasteiger partial charge is 0.0172 e. The van der Waals surface area contributed by atoms with Crippen molar-refractivity contribution in [3.63, 3.8) is 0 Å². The zero-order valence-electron chi connectivity index (χ0n) is 26.2. The van der Waals surface area contributed by atoms with Gasteiger partial charge >= 0.3 is 0 Å². The minimum atomic E-state index is 0. The SMILES string of the molecule is CN(PP)[C@H](CC[C@@H](N)Cc1ccccc1)Cc1ccccc1.Cl.N[C@H](CC[C@@H](N)Cc1ccccc1)Cc1ccccc1. The van der Waals surface area contributed by atoms with Gasteiger partial charge in [0.15, 0.2) is 0 Å². The molecule has 4 rings (SSSR count). The number of benzene rings is 4. The van der Waals surface area contributed by atoms with Gasteiger partial charge in [-0.25, -0.2) is 0 Å². The van der Waals surface area contributed by atoms with Gasteiger partial charge < -0.3 is 17.2 Å². The number of halogens is 1. The maximum atomic E-state index is 6.37. The normalized spacial score (nSPS) is 13.9. The van der Waals surface area contributed by atoms with Crippen LogP contribution in [0.1, 0.15) is 47.9 Å². The third-order valence-electron chi connectivity index (χ3n) is 7.87. The summed E-state index contributed by atoms with van der Waals surface area (Å²) >= 11 is 0. The van der Waals surface area contributed by atoms with Crippen LogP contribution in [0.2, 0.25) is 0 Å². The van der Waals surface area contributed by atoms with Crippen LogP contribution < -0.4 is 17.2 Å². The summed E-state index contributed by atoms with van der Waals surface area (Å²) in [6.45, 7) is 0. The molecule has 0 bridgehead atoms. The number of hydrogen-bond acceptors (Lipinski definition) is 4. The molecule has 4 aromatic rings. The molecule has 238 valence electrons. The average molecular weight is 651 g/mol. The average Bonchev–Trinajstić information content (AvgIpc) is 3.04. The molecular weight excluding hydrogens is 598 g/mol. The van der Waals surface area contributed by atoms with Crippen LogP contribution in [-0.4, -0.2) is 35.9 Å². The highest BCUT2D eigenvalue weighted by Gasteiger charge is 2.16. The lowest BCUT2D eigenvalue weighted by Crippen LogP contribution is -2.30. The second kappa shape index (κ2) is 22.4. The van der Waals surface area contributed by atoms with Gasteiger partial charge in [0.05, 0.1) is 0 Å². The van der Waals surface area contributed by atoms with Crippen LogP contribution in [0.3, 0.4) is 0 Å². The van der Waals surface area contributed by atoms with Crippen molar-refractivity contribution in [1.29, 1.82) is 0 Å². The quantitative estimate of drug-likeness (QED) is 0.109. The van der Waals surface area contributed by atoms with E-state index in [0.717, 1.165) is 59.8 Å². The summed E-state index contributed by atoms with van der Waals surface area (Å²) in [5, 5.41) is 0. The summed E-state index contributed by atoms with van der Waals surface area (Å²) in [6.07, 6.45) is 8.07. The summed E-state index contributed by atoms with van der Waals surface area (Å²) < 4.78 is 2.44. The standard InChI is InChI=1S/C19H28N2P2.C18H24N2.ClH/c1-21(23-22)19(15-17-10-6-3-7-11-17)13-12-18(20)14-16-8-4-2-5-9-16;19-17(13-15-7-3-1-4-8-15)11-12-18(20)14-16-9-5-2-6-10-16;/h2-11,18-19,23H,12-15,20,22H2,1H3;1-10,17-18H,11-14,19-20H2;1H/t18-,19-;17-,18-;/m11./s1. The number of rotatable bonds is 16. The molecule has 0 radical (unpaired) electrons. The predicted octanol–water partition coefficient (Wildman–Crippen LogP) is 7.59. The number of nitrogens with two attached hydrogens (primary N) is 3. The van der Waals surface area contributed by atoms with Gasteiger partial charge in [0.25, 0.3) is 0 Å². The molecule has 0 amide bonds. The molecule has 2 unspecified atom stereocenters. The van der Waals surface area contributed by atoms with Crippen molar-refractivity contribution in [2.45, 2.75) is 75.5 Å². The molecule has 0 heterocycles. The molecule has 0 spiro atoms. The minimum absolute atomic E-state index is 0. The Morgan fingerprint density at radius 3 is 1.07 bits per heavy atom. The van der Waals surface area contributed by atoms with Crippen molar-refractivity contribution in [1.82, 2.24) is 4.67 Å². The van der Waals surface area contributed by atoms with Gasteiger partial charge in [0.2, 0.25) is 0 Å². The molecule has 6 N–H and O–H groups in total. The zero-order chi connectivity index (χ0) is 30.7. The molecule has 6 atom stereocenters. The molecule has 4 nitrogen and oxygen atoms in total. The Hall–Kier alpha value is -2.13. The van der Waals surface area contributed by atoms with E-state index in [4.69, 9.17) is 17.2 Å². The number of nitrogens with zero attached hydrogens (tertiary/aromatic N) is 1. The Labute approximate surface area is 276 Å². The molecule has 0 aliphatic carbocycles. The van der Waals surface area contributed by atoms with Crippen LogP contribution in [0, 0.1) is 0 Å². The first-order chi connectivity index (χ1) is 20.9. The second-order valence-corrected chi connectivity index (χ2v) is 13.3. The van der Waals surface area contributed by atoms with E-state index in [0.29, 0.717) is 6.04 Å². The van der Waals surface area contributed by atoms with Gasteiger partial charge in [0, 0.05) is 24.2 Å². The molecule has 44 heavy (non-hydrogen) atoms. The van der Waals surface area contributed by atoms with E-state index in [1.54, 1.807) is 0 Å². The number of likely N-dealkylation sites (N-methyl/N-ethyl adjacent to an activating group) is 1. The monoisotopic (exact) mass is 650 g/mol. The van der Waals surface area contributed by atoms with E-state index in [2.05, 4.69) is 130 Å². The Bertz CT molecular complexity index is 1190. The molecular formula is C37H53ClN4P2. The highest BCUT2D eigenvalue weighted by atomic mass is 35.5. The second-order valence-electron chi connectivity index (χ2n) is 11.6. The highest BCUT2D eigenvalue weighted by molar-refractivity contribution is 8.01. The first-order valence-electron chi connectivity index (χ1n) is 15.5. The molecule has 0 saturated heterocycles. The zero-order valence-corrected chi connectivity index (χ0v) is 29.1. The van der Waals surface area contributed by atoms with Crippen LogP contribution in [0.4, 0.5) is 0 Å². The van der Waals surface area contributed by atoms with Gasteiger partial charge in [-0.1, -0.05) is 130 Å². The summed E-state index contributed by atoms with van der Waals surface area (Å²) in [5.41, 5.74) is 24.1. The molecule has 7 heteroatoms. The molecule has 0 fully saturated rings. The Morgan fingerprint density at radius 1 is 0.500 bits per heavy atom. The molecule has 0 saturated carbocycles. The lowest BCUT2D eigenvalue weighted by atomic mass is 9.97. The first-order valence-corrected chi connectivity index (χ1v) is 18.3. The fourth-order valence-corrected chi connectivity index (χ4v) is 6.38. The van der Waals surface area contributed by atoms with Crippen LogP contribution in [0.25, 0.3) is 0 Å². The van der Waals surface area contributed by atoms with Crippen molar-refractivity contribution in [2.75, 3.05) is 7.05 Å². The van der Waals surface area contributed by atoms with Gasteiger partial charge in [0.1, 0.15) is 0 Å². The van der Waals surface area contributed by atoms with E-state index in [9.17, 15) is 0 Å². The number of hydrogen-bond donors (Lipinski definition) is 3. The molecule has 0 aliphatic heterocycles. The fraction of sp³-hybridized carbons (Fsp3) is 0.351. The van der Waals surface area contributed by atoms with Crippen molar-refractivity contribution < 1.29 is 0 Å². The van der Waals surface area contributed by atoms with Gasteiger partial charge in [-0.3, -0.25) is 4.67 Å². The summed E-state index contributed by atoms with van der Waals surface area (Å²) in [5.74, 6) is 0. The lowest BCUT2D eigenvalue weighted by molar-refractivity contribution is 0.357. The van der Waals surface area contributed by atoms with Crippen molar-refractivity contribution in [3.05, 3.63) is 144 Å². The fourth-order valence-electron chi connectivity index (χ4n) is 5.32. The van der Waals surface area contributed by atoms with E-state index < -0.39 is 0 Å². The Kier molecular flexibility index (Phi) is 19.4. The van der Waals surface area contributed by atoms with Crippen molar-refractivity contribution >= 4 is 29.8 Å². The molecule has 0 aromatic heterocycles. The maximum absolute atomic E-state index is 6.37. The lowest BCUT2D eigenvalue weighted by Gasteiger charge is -2.28. The van der Waals surface area contributed by atoms with Crippen LogP contribution in [0.5, 0.6) is 0 Å². The van der Waals surface area contributed by atoms with Crippen molar-refractivity contribution in [3.8, 4) is 0 Å². The maximum Gasteiger partial charge on any atom is 0.0172 e. The minimum Gasteiger partial charge on any atom is -0.327 e. The Balaban J connectivity index is 0.000000303. The van der Waals surface area contributed by atoms with E-state index in [1.165, 1.54) is 22.3 Å². The summed E-state index contributed by atoms with van der Waals surface area (Å²) in [6, 6.07) is 43.3. The van der Waals surface area contributed by atoms with Crippen LogP contribution in [0.15, 0.2) is 121 Å². The van der Waals surface area contributed by atoms with E-state index >= 15 is 0 Å². The van der Waals surface area contributed by atoms with Crippen molar-refractivity contribution in [2.24, 2.45) is 17.2 Å². The third-order valence-corrected chi connectivity index (χ3v) is 9.86. The van der Waals surface area contributed by atoms with E-state index in [1.807, 2.05) is 12.1 Å². The highest BCUT2D eigenvalue weighted by Crippen LogP contribution is 2.30. The van der Waals surface area contributed by atoms with Gasteiger partial charge in [-0.05, 0) is 89.1 Å². The van der Waals surface area contributed by atoms with Gasteiger partial charge in [-0.2, -0.15) is 0 Å². The van der Waals surface area contributed by atoms with Gasteiger partial charge in [-0.15, -0.1) is 12.4 Å². The largest absolute Gasteiger partial charge is 0.327 e. The first kappa shape index (κ1) is 38.1. The molecule has 4 aromatic carbocycles. The topological polar surface area (TPSA) is 81.3 Å². The Morgan fingerprint density at radius 2 is 0.773 bits per heavy atom. The van der Waals surface area contributed by atoms with Crippen LogP contribution >= 0.6 is 29.8 Å². The van der Waals surface area contributed by atoms with Crippen LogP contribution in [-0.2, 0) is 25.7 Å². The van der Waals surface area contributed by atoms with E-state index in [-0.39, 0.29) is 30.5 Å². The third kappa shape index (κ3) is 15.7. The molecule has 0 aliphatic rings.